The van der Waals surface area contributed by atoms with E-state index in [4.69, 9.17) is 11.6 Å². The number of likely N-dealkylation sites (tertiary alicyclic amines) is 1. The third kappa shape index (κ3) is 4.91. The van der Waals surface area contributed by atoms with Crippen molar-refractivity contribution in [2.75, 3.05) is 5.32 Å². The number of anilines is 1. The molecule has 1 aromatic heterocycles. The van der Waals surface area contributed by atoms with E-state index in [1.165, 1.54) is 16.2 Å². The van der Waals surface area contributed by atoms with E-state index in [1.54, 1.807) is 37.3 Å². The summed E-state index contributed by atoms with van der Waals surface area (Å²) in [6.45, 7) is 5.38. The molecule has 0 spiro atoms. The van der Waals surface area contributed by atoms with Gasteiger partial charge in [-0.05, 0) is 67.6 Å². The lowest BCUT2D eigenvalue weighted by Crippen LogP contribution is -2.55. The molecule has 1 aliphatic rings. The predicted octanol–water partition coefficient (Wildman–Crippen LogP) is 7.73. The lowest BCUT2D eigenvalue weighted by Gasteiger charge is -2.37. The highest BCUT2D eigenvalue weighted by molar-refractivity contribution is 7.10. The summed E-state index contributed by atoms with van der Waals surface area (Å²) in [7, 11) is 0. The third-order valence-corrected chi connectivity index (χ3v) is 8.84. The molecule has 5 rings (SSSR count). The first kappa shape index (κ1) is 27.6. The van der Waals surface area contributed by atoms with Crippen LogP contribution < -0.4 is 5.32 Å². The van der Waals surface area contributed by atoms with Crippen molar-refractivity contribution < 1.29 is 19.5 Å². The topological polar surface area (TPSA) is 86.7 Å². The number of aryl methyl sites for hydroxylation is 2. The molecule has 4 aromatic rings. The van der Waals surface area contributed by atoms with Gasteiger partial charge in [-0.15, -0.1) is 11.3 Å². The summed E-state index contributed by atoms with van der Waals surface area (Å²) in [6.07, 6.45) is 0. The number of thiophene rings is 1. The Hall–Kier alpha value is -3.94. The van der Waals surface area contributed by atoms with Gasteiger partial charge in [0.25, 0.3) is 0 Å². The van der Waals surface area contributed by atoms with Gasteiger partial charge >= 0.3 is 12.0 Å². The highest BCUT2D eigenvalue weighted by atomic mass is 35.5. The van der Waals surface area contributed by atoms with Gasteiger partial charge in [0.05, 0.1) is 12.0 Å². The van der Waals surface area contributed by atoms with Gasteiger partial charge in [0.1, 0.15) is 5.54 Å². The van der Waals surface area contributed by atoms with Crippen molar-refractivity contribution in [1.82, 2.24) is 4.90 Å². The number of hydrogen-bond acceptors (Lipinski definition) is 4. The Morgan fingerprint density at radius 2 is 1.62 bits per heavy atom. The maximum Gasteiger partial charge on any atom is 0.330 e. The molecule has 4 atom stereocenters. The monoisotopic (exact) mass is 572 g/mol. The molecular formula is C32H29ClN2O4S. The molecule has 1 saturated heterocycles. The number of carboxylic acids is 1. The van der Waals surface area contributed by atoms with Crippen molar-refractivity contribution in [1.29, 1.82) is 0 Å². The summed E-state index contributed by atoms with van der Waals surface area (Å²) in [5.74, 6) is -3.19. The van der Waals surface area contributed by atoms with Crippen molar-refractivity contribution in [3.63, 3.8) is 0 Å². The van der Waals surface area contributed by atoms with Gasteiger partial charge in [-0.3, -0.25) is 9.69 Å². The minimum atomic E-state index is -1.76. The minimum Gasteiger partial charge on any atom is -0.479 e. The number of benzene rings is 3. The highest BCUT2D eigenvalue weighted by Crippen LogP contribution is 2.57. The molecule has 8 heteroatoms. The van der Waals surface area contributed by atoms with Gasteiger partial charge in [-0.25, -0.2) is 9.59 Å². The molecular weight excluding hydrogens is 544 g/mol. The fourth-order valence-electron chi connectivity index (χ4n) is 5.87. The van der Waals surface area contributed by atoms with Crippen LogP contribution in [0.2, 0.25) is 5.02 Å². The predicted molar refractivity (Wildman–Crippen MR) is 158 cm³/mol. The average molecular weight is 573 g/mol. The van der Waals surface area contributed by atoms with Gasteiger partial charge in [-0.1, -0.05) is 71.8 Å². The fraction of sp³-hybridized carbons (Fsp3) is 0.219. The smallest absolute Gasteiger partial charge is 0.330 e. The van der Waals surface area contributed by atoms with Crippen LogP contribution in [-0.4, -0.2) is 33.3 Å². The quantitative estimate of drug-likeness (QED) is 0.231. The van der Waals surface area contributed by atoms with E-state index in [1.807, 2.05) is 73.8 Å². The van der Waals surface area contributed by atoms with Gasteiger partial charge in [0.2, 0.25) is 0 Å². The molecule has 0 bridgehead atoms. The standard InChI is InChI=1S/C32H29ClN2O4S/c1-19-8-4-10-21(16-19)28-26(29(36)22-11-6-12-23(33)18-22)27(25-14-7-15-40-25)32(3,30(37)38)35(28)31(39)34-24-13-5-9-20(2)17-24/h4-18,26-28H,1-3H3,(H,34,39)(H,37,38). The molecule has 4 unspecified atom stereocenters. The van der Waals surface area contributed by atoms with Crippen LogP contribution in [0.1, 0.15) is 50.8 Å². The number of carboxylic acid groups (broad SMARTS) is 1. The van der Waals surface area contributed by atoms with Crippen LogP contribution >= 0.6 is 22.9 Å². The third-order valence-electron chi connectivity index (χ3n) is 7.65. The van der Waals surface area contributed by atoms with Crippen molar-refractivity contribution in [2.24, 2.45) is 5.92 Å². The second kappa shape index (κ2) is 10.9. The maximum atomic E-state index is 14.4. The second-order valence-corrected chi connectivity index (χ2v) is 11.8. The summed E-state index contributed by atoms with van der Waals surface area (Å²) in [6, 6.07) is 23.7. The minimum absolute atomic E-state index is 0.272. The lowest BCUT2D eigenvalue weighted by atomic mass is 9.74. The number of nitrogens with one attached hydrogen (secondary N) is 1. The molecule has 0 saturated carbocycles. The Kier molecular flexibility index (Phi) is 7.53. The Bertz CT molecular complexity index is 1590. The number of urea groups is 1. The van der Waals surface area contributed by atoms with Crippen molar-refractivity contribution >= 4 is 46.4 Å². The number of rotatable bonds is 6. The van der Waals surface area contributed by atoms with Crippen molar-refractivity contribution in [2.45, 2.75) is 38.3 Å². The number of amides is 2. The Labute approximate surface area is 242 Å². The first-order valence-corrected chi connectivity index (χ1v) is 14.2. The average Bonchev–Trinajstić information content (AvgIpc) is 3.53. The highest BCUT2D eigenvalue weighted by Gasteiger charge is 2.65. The van der Waals surface area contributed by atoms with Crippen LogP contribution in [0.5, 0.6) is 0 Å². The molecule has 3 aromatic carbocycles. The van der Waals surface area contributed by atoms with Gasteiger partial charge in [0, 0.05) is 27.1 Å². The largest absolute Gasteiger partial charge is 0.479 e. The molecule has 204 valence electrons. The number of carbonyl (C=O) groups is 3. The molecule has 0 radical (unpaired) electrons. The zero-order valence-corrected chi connectivity index (χ0v) is 23.9. The molecule has 2 N–H and O–H groups in total. The van der Waals surface area contributed by atoms with Crippen LogP contribution in [0.3, 0.4) is 0 Å². The number of hydrogen-bond donors (Lipinski definition) is 2. The Balaban J connectivity index is 1.76. The number of ketones is 1. The van der Waals surface area contributed by atoms with Crippen LogP contribution in [-0.2, 0) is 4.79 Å². The summed E-state index contributed by atoms with van der Waals surface area (Å²) in [5, 5.41) is 16.0. The lowest BCUT2D eigenvalue weighted by molar-refractivity contribution is -0.148. The zero-order chi connectivity index (χ0) is 28.6. The molecule has 6 nitrogen and oxygen atoms in total. The normalized spacial score (nSPS) is 22.2. The van der Waals surface area contributed by atoms with Crippen molar-refractivity contribution in [3.05, 3.63) is 122 Å². The summed E-state index contributed by atoms with van der Waals surface area (Å²) >= 11 is 7.66. The van der Waals surface area contributed by atoms with E-state index < -0.39 is 35.4 Å². The van der Waals surface area contributed by atoms with Crippen LogP contribution in [0.15, 0.2) is 90.3 Å². The number of aliphatic carboxylic acids is 1. The molecule has 2 amide bonds. The van der Waals surface area contributed by atoms with Crippen molar-refractivity contribution in [3.8, 4) is 0 Å². The SMILES string of the molecule is Cc1cccc(NC(=O)N2C(c3cccc(C)c3)C(C(=O)c3cccc(Cl)c3)C(c3cccs3)C2(C)C(=O)O)c1. The van der Waals surface area contributed by atoms with Gasteiger partial charge in [0.15, 0.2) is 5.78 Å². The molecule has 1 aliphatic heterocycles. The van der Waals surface area contributed by atoms with E-state index in [9.17, 15) is 19.5 Å². The molecule has 2 heterocycles. The first-order chi connectivity index (χ1) is 19.1. The first-order valence-electron chi connectivity index (χ1n) is 12.9. The van der Waals surface area contributed by atoms with E-state index in [2.05, 4.69) is 5.32 Å². The zero-order valence-electron chi connectivity index (χ0n) is 22.3. The second-order valence-electron chi connectivity index (χ2n) is 10.4. The van der Waals surface area contributed by atoms with E-state index in [0.717, 1.165) is 11.1 Å². The number of halogens is 1. The maximum absolute atomic E-state index is 14.4. The van der Waals surface area contributed by atoms with Crippen LogP contribution in [0, 0.1) is 19.8 Å². The summed E-state index contributed by atoms with van der Waals surface area (Å²) < 4.78 is 0. The van der Waals surface area contributed by atoms with Gasteiger partial charge < -0.3 is 10.4 Å². The van der Waals surface area contributed by atoms with Crippen LogP contribution in [0.4, 0.5) is 10.5 Å². The number of nitrogens with zero attached hydrogens (tertiary/aromatic N) is 1. The Morgan fingerprint density at radius 3 is 2.25 bits per heavy atom. The molecule has 40 heavy (non-hydrogen) atoms. The summed E-state index contributed by atoms with van der Waals surface area (Å²) in [4.78, 5) is 44.0. The van der Waals surface area contributed by atoms with E-state index in [0.29, 0.717) is 26.7 Å². The number of Topliss-reactive ketones (excluding diaryl/α,β-unsaturated/α-hetero) is 1. The van der Waals surface area contributed by atoms with Crippen LogP contribution in [0.25, 0.3) is 0 Å². The van der Waals surface area contributed by atoms with E-state index >= 15 is 0 Å². The number of carbonyl (C=O) groups excluding carboxylic acids is 2. The summed E-state index contributed by atoms with van der Waals surface area (Å²) in [5.41, 5.74) is 1.71. The Morgan fingerprint density at radius 1 is 0.925 bits per heavy atom. The molecule has 1 fully saturated rings. The molecule has 0 aliphatic carbocycles. The van der Waals surface area contributed by atoms with Gasteiger partial charge in [-0.2, -0.15) is 0 Å². The van der Waals surface area contributed by atoms with E-state index in [-0.39, 0.29) is 5.78 Å². The fourth-order valence-corrected chi connectivity index (χ4v) is 7.06.